The fourth-order valence-electron chi connectivity index (χ4n) is 3.29. The number of amides is 2. The average Bonchev–Trinajstić information content (AvgIpc) is 2.73. The van der Waals surface area contributed by atoms with Crippen LogP contribution in [0, 0.1) is 5.92 Å². The molecule has 31 heavy (non-hydrogen) atoms. The van der Waals surface area contributed by atoms with E-state index in [0.717, 1.165) is 11.3 Å². The van der Waals surface area contributed by atoms with Crippen molar-refractivity contribution in [2.45, 2.75) is 32.4 Å². The van der Waals surface area contributed by atoms with Gasteiger partial charge in [0.2, 0.25) is 5.91 Å². The van der Waals surface area contributed by atoms with Gasteiger partial charge in [-0.25, -0.2) is 0 Å². The molecular formula is C24H32ClN3O3. The molecule has 2 aromatic carbocycles. The van der Waals surface area contributed by atoms with Gasteiger partial charge in [-0.2, -0.15) is 0 Å². The van der Waals surface area contributed by atoms with E-state index in [-0.39, 0.29) is 23.8 Å². The zero-order valence-corrected chi connectivity index (χ0v) is 19.6. The van der Waals surface area contributed by atoms with Crippen LogP contribution < -0.4 is 15.4 Å². The van der Waals surface area contributed by atoms with E-state index >= 15 is 0 Å². The maximum atomic E-state index is 13.0. The van der Waals surface area contributed by atoms with Crippen molar-refractivity contribution in [3.63, 3.8) is 0 Å². The molecule has 6 nitrogen and oxygen atoms in total. The Morgan fingerprint density at radius 1 is 1.03 bits per heavy atom. The Bertz CT molecular complexity index is 851. The minimum Gasteiger partial charge on any atom is -0.497 e. The second-order valence-corrected chi connectivity index (χ2v) is 8.60. The summed E-state index contributed by atoms with van der Waals surface area (Å²) in [4.78, 5) is 27.6. The first-order valence-electron chi connectivity index (χ1n) is 10.4. The van der Waals surface area contributed by atoms with Crippen molar-refractivity contribution in [2.75, 3.05) is 27.7 Å². The lowest BCUT2D eigenvalue weighted by molar-refractivity contribution is -0.123. The van der Waals surface area contributed by atoms with Crippen LogP contribution in [0.1, 0.15) is 42.2 Å². The van der Waals surface area contributed by atoms with E-state index in [1.165, 1.54) is 0 Å². The quantitative estimate of drug-likeness (QED) is 0.581. The molecule has 2 rings (SSSR count). The van der Waals surface area contributed by atoms with Gasteiger partial charge >= 0.3 is 0 Å². The Morgan fingerprint density at radius 2 is 1.65 bits per heavy atom. The highest BCUT2D eigenvalue weighted by Crippen LogP contribution is 2.21. The zero-order valence-electron chi connectivity index (χ0n) is 18.8. The molecule has 0 radical (unpaired) electrons. The maximum absolute atomic E-state index is 13.0. The number of rotatable bonds is 10. The van der Waals surface area contributed by atoms with Gasteiger partial charge in [0.1, 0.15) is 11.8 Å². The minimum absolute atomic E-state index is 0.0125. The molecule has 7 heteroatoms. The number of hydrogen-bond acceptors (Lipinski definition) is 4. The van der Waals surface area contributed by atoms with Gasteiger partial charge in [-0.15, -0.1) is 0 Å². The molecule has 2 atom stereocenters. The molecule has 0 aliphatic carbocycles. The van der Waals surface area contributed by atoms with Crippen LogP contribution in [-0.2, 0) is 4.79 Å². The highest BCUT2D eigenvalue weighted by Gasteiger charge is 2.24. The van der Waals surface area contributed by atoms with Crippen molar-refractivity contribution in [2.24, 2.45) is 5.92 Å². The number of nitrogens with one attached hydrogen (secondary N) is 2. The summed E-state index contributed by atoms with van der Waals surface area (Å²) in [7, 11) is 5.57. The van der Waals surface area contributed by atoms with Crippen LogP contribution in [0.3, 0.4) is 0 Å². The van der Waals surface area contributed by atoms with Gasteiger partial charge in [-0.05, 0) is 68.4 Å². The molecule has 2 unspecified atom stereocenters. The zero-order chi connectivity index (χ0) is 23.0. The van der Waals surface area contributed by atoms with Gasteiger partial charge < -0.3 is 20.3 Å². The summed E-state index contributed by atoms with van der Waals surface area (Å²) < 4.78 is 5.23. The number of ether oxygens (including phenoxy) is 1. The van der Waals surface area contributed by atoms with Gasteiger partial charge in [-0.1, -0.05) is 37.6 Å². The smallest absolute Gasteiger partial charge is 0.251 e. The molecule has 2 N–H and O–H groups in total. The van der Waals surface area contributed by atoms with Crippen molar-refractivity contribution in [3.8, 4) is 5.75 Å². The van der Waals surface area contributed by atoms with Gasteiger partial charge in [0, 0.05) is 17.1 Å². The number of benzene rings is 2. The Morgan fingerprint density at radius 3 is 2.16 bits per heavy atom. The molecule has 2 amide bonds. The van der Waals surface area contributed by atoms with Gasteiger partial charge in [0.15, 0.2) is 0 Å². The van der Waals surface area contributed by atoms with Gasteiger partial charge in [0.05, 0.1) is 13.2 Å². The summed E-state index contributed by atoms with van der Waals surface area (Å²) in [6.07, 6.45) is 0.542. The summed E-state index contributed by atoms with van der Waals surface area (Å²) in [6.45, 7) is 4.47. The van der Waals surface area contributed by atoms with Crippen molar-refractivity contribution < 1.29 is 14.3 Å². The third-order valence-electron chi connectivity index (χ3n) is 5.03. The highest BCUT2D eigenvalue weighted by atomic mass is 35.5. The summed E-state index contributed by atoms with van der Waals surface area (Å²) in [5.74, 6) is 0.535. The Balaban J connectivity index is 2.07. The van der Waals surface area contributed by atoms with Crippen molar-refractivity contribution >= 4 is 23.4 Å². The van der Waals surface area contributed by atoms with E-state index in [2.05, 4.69) is 10.6 Å². The van der Waals surface area contributed by atoms with Crippen molar-refractivity contribution in [1.82, 2.24) is 15.5 Å². The molecule has 0 aliphatic rings. The van der Waals surface area contributed by atoms with Crippen molar-refractivity contribution in [3.05, 3.63) is 64.7 Å². The fourth-order valence-corrected chi connectivity index (χ4v) is 3.42. The predicted molar refractivity (Wildman–Crippen MR) is 125 cm³/mol. The first kappa shape index (κ1) is 24.7. The van der Waals surface area contributed by atoms with Gasteiger partial charge in [-0.3, -0.25) is 9.59 Å². The van der Waals surface area contributed by atoms with Crippen LogP contribution in [0.2, 0.25) is 5.02 Å². The molecule has 0 aromatic heterocycles. The first-order chi connectivity index (χ1) is 14.7. The van der Waals surface area contributed by atoms with E-state index < -0.39 is 6.04 Å². The average molecular weight is 446 g/mol. The van der Waals surface area contributed by atoms with Crippen LogP contribution in [0.5, 0.6) is 5.75 Å². The van der Waals surface area contributed by atoms with E-state index in [9.17, 15) is 9.59 Å². The van der Waals surface area contributed by atoms with E-state index in [1.807, 2.05) is 57.1 Å². The third-order valence-corrected chi connectivity index (χ3v) is 5.28. The molecule has 0 saturated heterocycles. The lowest BCUT2D eigenvalue weighted by Crippen LogP contribution is -2.49. The van der Waals surface area contributed by atoms with E-state index in [1.54, 1.807) is 31.4 Å². The summed E-state index contributed by atoms with van der Waals surface area (Å²) in [5.41, 5.74) is 1.53. The molecule has 2 aromatic rings. The van der Waals surface area contributed by atoms with Gasteiger partial charge in [0.25, 0.3) is 5.91 Å². The van der Waals surface area contributed by atoms with Crippen LogP contribution in [-0.4, -0.2) is 50.5 Å². The Kier molecular flexibility index (Phi) is 9.34. The molecule has 0 fully saturated rings. The van der Waals surface area contributed by atoms with Crippen LogP contribution in [0.25, 0.3) is 0 Å². The van der Waals surface area contributed by atoms with E-state index in [4.69, 9.17) is 16.3 Å². The molecule has 168 valence electrons. The predicted octanol–water partition coefficient (Wildman–Crippen LogP) is 3.91. The Labute approximate surface area is 189 Å². The first-order valence-corrected chi connectivity index (χ1v) is 10.7. The number of carbonyl (C=O) groups is 2. The molecule has 0 heterocycles. The highest BCUT2D eigenvalue weighted by molar-refractivity contribution is 6.30. The van der Waals surface area contributed by atoms with Crippen molar-refractivity contribution in [1.29, 1.82) is 0 Å². The number of nitrogens with zero attached hydrogens (tertiary/aromatic N) is 1. The number of likely N-dealkylation sites (N-methyl/N-ethyl adjacent to an activating group) is 1. The monoisotopic (exact) mass is 445 g/mol. The fraction of sp³-hybridized carbons (Fsp3) is 0.417. The standard InChI is InChI=1S/C24H32ClN3O3/c1-16(2)14-21(27-23(29)18-6-10-19(25)11-7-18)24(30)26-15-22(28(3)4)17-8-12-20(31-5)13-9-17/h6-13,16,21-22H,14-15H2,1-5H3,(H,26,30)(H,27,29). The van der Waals surface area contributed by atoms with Crippen LogP contribution in [0.4, 0.5) is 0 Å². The molecule has 0 bridgehead atoms. The van der Waals surface area contributed by atoms with E-state index in [0.29, 0.717) is 23.6 Å². The number of hydrogen-bond donors (Lipinski definition) is 2. The Hall–Kier alpha value is -2.57. The summed E-state index contributed by atoms with van der Waals surface area (Å²) in [6, 6.07) is 13.8. The topological polar surface area (TPSA) is 70.7 Å². The lowest BCUT2D eigenvalue weighted by atomic mass is 10.0. The second kappa shape index (κ2) is 11.7. The SMILES string of the molecule is COc1ccc(C(CNC(=O)C(CC(C)C)NC(=O)c2ccc(Cl)cc2)N(C)C)cc1. The number of halogens is 1. The molecule has 0 spiro atoms. The maximum Gasteiger partial charge on any atom is 0.251 e. The minimum atomic E-state index is -0.623. The van der Waals surface area contributed by atoms with Crippen LogP contribution in [0.15, 0.2) is 48.5 Å². The molecule has 0 aliphatic heterocycles. The van der Waals surface area contributed by atoms with Crippen LogP contribution >= 0.6 is 11.6 Å². The summed E-state index contributed by atoms with van der Waals surface area (Å²) >= 11 is 5.90. The number of carbonyl (C=O) groups excluding carboxylic acids is 2. The number of methoxy groups -OCH3 is 1. The third kappa shape index (κ3) is 7.56. The summed E-state index contributed by atoms with van der Waals surface area (Å²) in [5, 5.41) is 6.44. The second-order valence-electron chi connectivity index (χ2n) is 8.16. The lowest BCUT2D eigenvalue weighted by Gasteiger charge is -2.27. The largest absolute Gasteiger partial charge is 0.497 e. The molecular weight excluding hydrogens is 414 g/mol. The normalized spacial score (nSPS) is 13.0. The molecule has 0 saturated carbocycles.